The molecule has 0 atom stereocenters. The van der Waals surface area contributed by atoms with E-state index in [1.165, 1.54) is 17.3 Å². The number of hydrogen-bond acceptors (Lipinski definition) is 10. The molecule has 210 valence electrons. The van der Waals surface area contributed by atoms with Crippen LogP contribution in [0.3, 0.4) is 0 Å². The average molecular weight is 575 g/mol. The van der Waals surface area contributed by atoms with E-state index >= 15 is 0 Å². The molecule has 0 saturated heterocycles. The highest BCUT2D eigenvalue weighted by Crippen LogP contribution is 2.34. The van der Waals surface area contributed by atoms with Gasteiger partial charge in [0, 0.05) is 7.05 Å². The van der Waals surface area contributed by atoms with E-state index in [2.05, 4.69) is 36.3 Å². The molecule has 3 aromatic rings. The summed E-state index contributed by atoms with van der Waals surface area (Å²) in [6, 6.07) is 7.95. The van der Waals surface area contributed by atoms with E-state index in [1.807, 2.05) is 24.3 Å². The number of aromatic nitrogens is 3. The van der Waals surface area contributed by atoms with Gasteiger partial charge in [0.05, 0.1) is 24.5 Å². The summed E-state index contributed by atoms with van der Waals surface area (Å²) in [4.78, 5) is 37.9. The maximum atomic E-state index is 12.8. The van der Waals surface area contributed by atoms with Crippen molar-refractivity contribution < 1.29 is 28.6 Å². The molecule has 2 aromatic heterocycles. The molecule has 0 aliphatic heterocycles. The molecule has 0 fully saturated rings. The van der Waals surface area contributed by atoms with Gasteiger partial charge < -0.3 is 24.1 Å². The summed E-state index contributed by atoms with van der Waals surface area (Å²) < 4.78 is 17.9. The van der Waals surface area contributed by atoms with Gasteiger partial charge in [0.2, 0.25) is 5.91 Å². The normalized spacial score (nSPS) is 11.3. The van der Waals surface area contributed by atoms with Gasteiger partial charge in [-0.25, -0.2) is 9.59 Å². The van der Waals surface area contributed by atoms with Crippen LogP contribution < -0.4 is 10.1 Å². The monoisotopic (exact) mass is 574 g/mol. The van der Waals surface area contributed by atoms with Crippen LogP contribution in [0.1, 0.15) is 71.6 Å². The maximum absolute atomic E-state index is 12.8. The minimum absolute atomic E-state index is 0.00898. The lowest BCUT2D eigenvalue weighted by atomic mass is 9.87. The summed E-state index contributed by atoms with van der Waals surface area (Å²) in [5.74, 6) is -0.201. The van der Waals surface area contributed by atoms with Crippen LogP contribution in [-0.4, -0.2) is 51.6 Å². The topological polar surface area (TPSA) is 122 Å². The zero-order valence-electron chi connectivity index (χ0n) is 23.2. The number of nitrogens with zero attached hydrogens (tertiary/aromatic N) is 3. The molecular weight excluding hydrogens is 540 g/mol. The van der Waals surface area contributed by atoms with Crippen LogP contribution in [0.5, 0.6) is 5.75 Å². The van der Waals surface area contributed by atoms with E-state index in [0.717, 1.165) is 17.1 Å². The van der Waals surface area contributed by atoms with Crippen LogP contribution in [-0.2, 0) is 33.3 Å². The Labute approximate surface area is 236 Å². The van der Waals surface area contributed by atoms with Gasteiger partial charge in [-0.1, -0.05) is 44.7 Å². The smallest absolute Gasteiger partial charge is 0.348 e. The highest BCUT2D eigenvalue weighted by Gasteiger charge is 2.27. The number of benzene rings is 1. The number of anilines is 1. The summed E-state index contributed by atoms with van der Waals surface area (Å²) >= 11 is 2.18. The van der Waals surface area contributed by atoms with Crippen molar-refractivity contribution in [1.29, 1.82) is 0 Å². The zero-order chi connectivity index (χ0) is 28.7. The summed E-state index contributed by atoms with van der Waals surface area (Å²) in [7, 11) is 1.80. The molecule has 10 nitrogen and oxygen atoms in total. The molecule has 0 bridgehead atoms. The summed E-state index contributed by atoms with van der Waals surface area (Å²) in [5, 5.41) is 11.9. The molecule has 0 unspecified atom stereocenters. The molecular formula is C27H34N4O6S2. The number of ether oxygens (including phenoxy) is 3. The fourth-order valence-electron chi connectivity index (χ4n) is 3.53. The Morgan fingerprint density at radius 3 is 2.28 bits per heavy atom. The molecule has 1 amide bonds. The minimum Gasteiger partial charge on any atom is -0.486 e. The first-order valence-electron chi connectivity index (χ1n) is 12.5. The van der Waals surface area contributed by atoms with Gasteiger partial charge in [0.25, 0.3) is 0 Å². The van der Waals surface area contributed by atoms with Crippen molar-refractivity contribution in [2.24, 2.45) is 7.05 Å². The fraction of sp³-hybridized carbons (Fsp3) is 0.444. The highest BCUT2D eigenvalue weighted by molar-refractivity contribution is 7.99. The molecule has 1 aromatic carbocycles. The number of nitrogens with one attached hydrogen (secondary N) is 1. The number of carbonyl (C=O) groups is 3. The Balaban J connectivity index is 1.63. The van der Waals surface area contributed by atoms with Gasteiger partial charge in [-0.15, -0.1) is 21.5 Å². The highest BCUT2D eigenvalue weighted by atomic mass is 32.2. The SMILES string of the molecule is CCOC(=O)c1sc(NC(=O)CSc2nnc(COc3ccc(C(C)(C)C)cc3)n2C)c(C(=O)OCC)c1C. The molecule has 0 saturated carbocycles. The third-order valence-corrected chi connectivity index (χ3v) is 7.89. The van der Waals surface area contributed by atoms with Crippen molar-refractivity contribution in [2.75, 3.05) is 24.3 Å². The van der Waals surface area contributed by atoms with Crippen molar-refractivity contribution >= 4 is 45.9 Å². The summed E-state index contributed by atoms with van der Waals surface area (Å²) in [6.07, 6.45) is 0. The van der Waals surface area contributed by atoms with E-state index in [-0.39, 0.29) is 52.3 Å². The number of esters is 2. The molecule has 0 radical (unpaired) electrons. The third-order valence-electron chi connectivity index (χ3n) is 5.69. The molecule has 3 rings (SSSR count). The summed E-state index contributed by atoms with van der Waals surface area (Å²) in [5.41, 5.74) is 1.84. The standard InChI is InChI=1S/C27H34N4O6S2/c1-8-35-24(33)21-16(3)22(25(34)36-9-2)39-23(21)28-20(32)15-38-26-30-29-19(31(26)7)14-37-18-12-10-17(11-13-18)27(4,5)6/h10-13H,8-9,14-15H2,1-7H3,(H,28,32). The van der Waals surface area contributed by atoms with Crippen LogP contribution in [0.4, 0.5) is 5.00 Å². The van der Waals surface area contributed by atoms with Crippen molar-refractivity contribution in [3.63, 3.8) is 0 Å². The molecule has 0 aliphatic rings. The second-order valence-corrected chi connectivity index (χ2v) is 11.5. The number of hydrogen-bond donors (Lipinski definition) is 1. The van der Waals surface area contributed by atoms with Crippen LogP contribution in [0.2, 0.25) is 0 Å². The minimum atomic E-state index is -0.615. The molecule has 0 aliphatic carbocycles. The first kappa shape index (κ1) is 30.2. The molecule has 1 N–H and O–H groups in total. The number of rotatable bonds is 11. The molecule has 12 heteroatoms. The van der Waals surface area contributed by atoms with Gasteiger partial charge >= 0.3 is 11.9 Å². The van der Waals surface area contributed by atoms with Crippen molar-refractivity contribution in [2.45, 2.75) is 58.7 Å². The maximum Gasteiger partial charge on any atom is 0.348 e. The first-order chi connectivity index (χ1) is 18.5. The summed E-state index contributed by atoms with van der Waals surface area (Å²) in [6.45, 7) is 12.0. The van der Waals surface area contributed by atoms with E-state index in [4.69, 9.17) is 14.2 Å². The number of amides is 1. The quantitative estimate of drug-likeness (QED) is 0.245. The Hall–Kier alpha value is -3.38. The van der Waals surface area contributed by atoms with Crippen LogP contribution in [0.15, 0.2) is 29.4 Å². The Kier molecular flexibility index (Phi) is 10.1. The average Bonchev–Trinajstić information content (AvgIpc) is 3.40. The van der Waals surface area contributed by atoms with Gasteiger partial charge in [-0.05, 0) is 49.4 Å². The predicted octanol–water partition coefficient (Wildman–Crippen LogP) is 5.15. The largest absolute Gasteiger partial charge is 0.486 e. The zero-order valence-corrected chi connectivity index (χ0v) is 24.9. The number of thioether (sulfide) groups is 1. The number of carbonyl (C=O) groups excluding carboxylic acids is 3. The van der Waals surface area contributed by atoms with E-state index in [1.54, 1.807) is 32.4 Å². The van der Waals surface area contributed by atoms with Crippen LogP contribution in [0.25, 0.3) is 0 Å². The molecule has 39 heavy (non-hydrogen) atoms. The second kappa shape index (κ2) is 13.1. The lowest BCUT2D eigenvalue weighted by molar-refractivity contribution is -0.113. The lowest BCUT2D eigenvalue weighted by Gasteiger charge is -2.19. The Morgan fingerprint density at radius 2 is 1.67 bits per heavy atom. The van der Waals surface area contributed by atoms with E-state index in [9.17, 15) is 14.4 Å². The Morgan fingerprint density at radius 1 is 1.03 bits per heavy atom. The van der Waals surface area contributed by atoms with Crippen molar-refractivity contribution in [1.82, 2.24) is 14.8 Å². The van der Waals surface area contributed by atoms with Crippen LogP contribution >= 0.6 is 23.1 Å². The lowest BCUT2D eigenvalue weighted by Crippen LogP contribution is -2.17. The van der Waals surface area contributed by atoms with Crippen molar-refractivity contribution in [3.05, 3.63) is 51.7 Å². The third kappa shape index (κ3) is 7.60. The molecule has 2 heterocycles. The van der Waals surface area contributed by atoms with Crippen molar-refractivity contribution in [3.8, 4) is 5.75 Å². The molecule has 0 spiro atoms. The van der Waals surface area contributed by atoms with Gasteiger partial charge in [0.1, 0.15) is 22.2 Å². The predicted molar refractivity (Wildman–Crippen MR) is 151 cm³/mol. The van der Waals surface area contributed by atoms with Crippen LogP contribution in [0, 0.1) is 6.92 Å². The van der Waals surface area contributed by atoms with E-state index < -0.39 is 11.9 Å². The first-order valence-corrected chi connectivity index (χ1v) is 14.3. The van der Waals surface area contributed by atoms with Gasteiger partial charge in [-0.2, -0.15) is 0 Å². The Bertz CT molecular complexity index is 1330. The second-order valence-electron chi connectivity index (χ2n) is 9.56. The number of thiophene rings is 1. The van der Waals surface area contributed by atoms with Gasteiger partial charge in [0.15, 0.2) is 11.0 Å². The fourth-order valence-corrected chi connectivity index (χ4v) is 5.37. The van der Waals surface area contributed by atoms with Gasteiger partial charge in [-0.3, -0.25) is 4.79 Å². The van der Waals surface area contributed by atoms with E-state index in [0.29, 0.717) is 16.5 Å².